The topological polar surface area (TPSA) is 0 Å². The van der Waals surface area contributed by atoms with Gasteiger partial charge in [0.05, 0.1) is 0 Å². The molecule has 0 fully saturated rings. The van der Waals surface area contributed by atoms with Crippen LogP contribution in [0.3, 0.4) is 0 Å². The van der Waals surface area contributed by atoms with Crippen molar-refractivity contribution in [2.75, 3.05) is 0 Å². The fraction of sp³-hybridized carbons (Fsp3) is 0.302. The van der Waals surface area contributed by atoms with Crippen molar-refractivity contribution in [3.05, 3.63) is 130 Å². The van der Waals surface area contributed by atoms with Crippen LogP contribution in [0.4, 0.5) is 0 Å². The van der Waals surface area contributed by atoms with Crippen molar-refractivity contribution in [2.24, 2.45) is 0 Å². The first-order valence-electron chi connectivity index (χ1n) is 16.8. The predicted octanol–water partition coefficient (Wildman–Crippen LogP) is 14.0. The van der Waals surface area contributed by atoms with Crippen LogP contribution >= 0.6 is 17.0 Å². The summed E-state index contributed by atoms with van der Waals surface area (Å²) >= 11 is -0.826. The molecule has 6 aromatic rings. The van der Waals surface area contributed by atoms with Gasteiger partial charge in [0.15, 0.2) is 0 Å². The summed E-state index contributed by atoms with van der Waals surface area (Å²) < 4.78 is 0. The molecule has 0 aliphatic rings. The summed E-state index contributed by atoms with van der Waals surface area (Å²) in [6.45, 7) is 17.6. The molecule has 0 saturated carbocycles. The number of fused-ring (bicyclic) bond motifs is 2. The first-order chi connectivity index (χ1) is 22.7. The van der Waals surface area contributed by atoms with E-state index in [4.69, 9.17) is 17.0 Å². The Bertz CT molecular complexity index is 1790. The van der Waals surface area contributed by atoms with Crippen molar-refractivity contribution in [1.29, 1.82) is 0 Å². The Labute approximate surface area is 306 Å². The first kappa shape index (κ1) is 39.2. The number of hydrogen-bond donors (Lipinski definition) is 0. The third-order valence-electron chi connectivity index (χ3n) is 8.43. The molecule has 0 heterocycles. The van der Waals surface area contributed by atoms with E-state index in [2.05, 4.69) is 152 Å². The Morgan fingerprint density at radius 3 is 1.40 bits per heavy atom. The summed E-state index contributed by atoms with van der Waals surface area (Å²) in [5.41, 5.74) is 13.7. The molecular formula is C43H50Cl2SiZr. The molecular weight excluding hydrogens is 707 g/mol. The number of halogens is 2. The van der Waals surface area contributed by atoms with Gasteiger partial charge in [0.25, 0.3) is 0 Å². The second kappa shape index (κ2) is 20.3. The maximum absolute atomic E-state index is 4.93. The summed E-state index contributed by atoms with van der Waals surface area (Å²) in [7, 11) is 11.0. The average molecular weight is 757 g/mol. The van der Waals surface area contributed by atoms with Crippen LogP contribution in [0, 0.1) is 20.8 Å². The quantitative estimate of drug-likeness (QED) is 0.112. The minimum atomic E-state index is -0.826. The standard InChI is InChI=1S/C21H23.C20H21.C2H6Si.2ClH.Zr/c1-4-6-17-8-10-18(11-9-17)19-12-7-15(3)20-13-16(5-2)14-21(19)20;1-4-5-16-7-9-17(10-8-16)18-11-6-15(3)19-12-14(2)13-20(18)19;1-3-2;;;/h7-14H,4-6H2,1-3H3;6-13H,4-5H2,1-3H3;1-2H3;2*1H;/q2*-1;;;;+4/p-2. The summed E-state index contributed by atoms with van der Waals surface area (Å²) in [5, 5.41) is 5.57. The summed E-state index contributed by atoms with van der Waals surface area (Å²) in [6, 6.07) is 36.4. The molecule has 0 saturated heterocycles. The fourth-order valence-corrected chi connectivity index (χ4v) is 6.08. The monoisotopic (exact) mass is 754 g/mol. The third kappa shape index (κ3) is 10.9. The van der Waals surface area contributed by atoms with Crippen molar-refractivity contribution in [3.8, 4) is 22.3 Å². The van der Waals surface area contributed by atoms with Gasteiger partial charge in [-0.3, -0.25) is 0 Å². The van der Waals surface area contributed by atoms with Crippen molar-refractivity contribution in [1.82, 2.24) is 0 Å². The predicted molar refractivity (Wildman–Crippen MR) is 211 cm³/mol. The van der Waals surface area contributed by atoms with E-state index in [1.54, 1.807) is 0 Å². The Hall–Kier alpha value is -2.22. The van der Waals surface area contributed by atoms with Crippen molar-refractivity contribution in [3.63, 3.8) is 0 Å². The van der Waals surface area contributed by atoms with Crippen LogP contribution in [0.15, 0.2) is 97.1 Å². The number of hydrogen-bond acceptors (Lipinski definition) is 0. The normalized spacial score (nSPS) is 10.3. The van der Waals surface area contributed by atoms with Crippen LogP contribution in [0.25, 0.3) is 43.8 Å². The number of aryl methyl sites for hydroxylation is 6. The number of benzene rings is 4. The molecule has 0 aliphatic heterocycles. The van der Waals surface area contributed by atoms with Crippen LogP contribution in [0.5, 0.6) is 0 Å². The van der Waals surface area contributed by atoms with Gasteiger partial charge in [-0.05, 0) is 41.5 Å². The molecule has 6 rings (SSSR count). The Morgan fingerprint density at radius 2 is 1.00 bits per heavy atom. The second-order valence-electron chi connectivity index (χ2n) is 12.2. The first-order valence-corrected chi connectivity index (χ1v) is 25.2. The van der Waals surface area contributed by atoms with E-state index < -0.39 is 20.8 Å². The van der Waals surface area contributed by atoms with E-state index in [0.717, 1.165) is 15.9 Å². The summed E-state index contributed by atoms with van der Waals surface area (Å²) in [4.78, 5) is 0. The van der Waals surface area contributed by atoms with Gasteiger partial charge in [0.1, 0.15) is 0 Å². The maximum atomic E-state index is 4.93. The Kier molecular flexibility index (Phi) is 17.0. The Morgan fingerprint density at radius 1 is 0.596 bits per heavy atom. The van der Waals surface area contributed by atoms with Crippen molar-refractivity contribution >= 4 is 48.1 Å². The van der Waals surface area contributed by atoms with E-state index in [0.29, 0.717) is 0 Å². The van der Waals surface area contributed by atoms with Gasteiger partial charge < -0.3 is 0 Å². The van der Waals surface area contributed by atoms with Gasteiger partial charge in [0, 0.05) is 9.52 Å². The molecule has 0 atom stereocenters. The number of rotatable bonds is 7. The van der Waals surface area contributed by atoms with Gasteiger partial charge in [-0.2, -0.15) is 12.1 Å². The average Bonchev–Trinajstić information content (AvgIpc) is 3.69. The zero-order chi connectivity index (χ0) is 34.3. The third-order valence-corrected chi connectivity index (χ3v) is 8.43. The molecule has 6 aromatic carbocycles. The van der Waals surface area contributed by atoms with Crippen LogP contribution < -0.4 is 0 Å². The van der Waals surface area contributed by atoms with Gasteiger partial charge in [-0.25, -0.2) is 0 Å². The van der Waals surface area contributed by atoms with E-state index in [1.807, 2.05) is 0 Å². The molecule has 0 bridgehead atoms. The molecule has 0 amide bonds. The molecule has 4 heteroatoms. The fourth-order valence-electron chi connectivity index (χ4n) is 6.08. The van der Waals surface area contributed by atoms with Gasteiger partial charge in [-0.1, -0.05) is 139 Å². The molecule has 0 spiro atoms. The van der Waals surface area contributed by atoms with Crippen LogP contribution in [0.2, 0.25) is 13.1 Å². The molecule has 244 valence electrons. The van der Waals surface area contributed by atoms with E-state index in [9.17, 15) is 0 Å². The molecule has 47 heavy (non-hydrogen) atoms. The Balaban J connectivity index is 0.000000219. The van der Waals surface area contributed by atoms with E-state index >= 15 is 0 Å². The van der Waals surface area contributed by atoms with Crippen LogP contribution in [0.1, 0.15) is 67.0 Å². The second-order valence-corrected chi connectivity index (χ2v) is 17.0. The SMILES string of the molecule is CCCc1ccc(-c2ccc(C)c3[cH-]c(C)cc23)cc1.CCCc1ccc(-c2ccc(C)c3[cH-]c(CC)cc23)cc1.C[Si]C.[Cl][Zr+2][Cl]. The van der Waals surface area contributed by atoms with Gasteiger partial charge in [0.2, 0.25) is 0 Å². The van der Waals surface area contributed by atoms with E-state index in [-0.39, 0.29) is 0 Å². The zero-order valence-corrected chi connectivity index (χ0v) is 34.5. The minimum absolute atomic E-state index is 0.826. The molecule has 0 N–H and O–H groups in total. The summed E-state index contributed by atoms with van der Waals surface area (Å²) in [5.74, 6) is 0. The van der Waals surface area contributed by atoms with Crippen molar-refractivity contribution < 1.29 is 20.8 Å². The zero-order valence-electron chi connectivity index (χ0n) is 29.5. The van der Waals surface area contributed by atoms with Crippen LogP contribution in [-0.2, 0) is 40.1 Å². The van der Waals surface area contributed by atoms with E-state index in [1.165, 1.54) is 103 Å². The summed E-state index contributed by atoms with van der Waals surface area (Å²) in [6.07, 6.45) is 5.84. The van der Waals surface area contributed by atoms with Crippen LogP contribution in [-0.4, -0.2) is 9.52 Å². The van der Waals surface area contributed by atoms with Gasteiger partial charge in [-0.15, -0.1) is 68.1 Å². The molecule has 0 nitrogen and oxygen atoms in total. The molecule has 0 aromatic heterocycles. The molecule has 0 unspecified atom stereocenters. The van der Waals surface area contributed by atoms with Crippen molar-refractivity contribution in [2.45, 2.75) is 86.7 Å². The molecule has 2 radical (unpaired) electrons. The molecule has 0 aliphatic carbocycles. The van der Waals surface area contributed by atoms with Gasteiger partial charge >= 0.3 is 37.9 Å².